The highest BCUT2D eigenvalue weighted by Crippen LogP contribution is 2.22. The number of nitrogens with one attached hydrogen (secondary N) is 1. The zero-order chi connectivity index (χ0) is 23.5. The molecule has 1 aromatic carbocycles. The zero-order valence-corrected chi connectivity index (χ0v) is 18.5. The Kier molecular flexibility index (Phi) is 5.86. The van der Waals surface area contributed by atoms with Crippen LogP contribution in [0.4, 0.5) is 11.6 Å². The van der Waals surface area contributed by atoms with E-state index in [0.29, 0.717) is 40.5 Å². The van der Waals surface area contributed by atoms with E-state index in [1.54, 1.807) is 53.4 Å². The Balaban J connectivity index is 1.51. The van der Waals surface area contributed by atoms with Crippen LogP contribution in [0, 0.1) is 0 Å². The fourth-order valence-electron chi connectivity index (χ4n) is 4.08. The number of fused-ring (bicyclic) bond motifs is 1. The minimum atomic E-state index is -0.351. The van der Waals surface area contributed by atoms with Gasteiger partial charge in [-0.05, 0) is 49.6 Å². The molecule has 0 saturated carbocycles. The van der Waals surface area contributed by atoms with Gasteiger partial charge in [-0.1, -0.05) is 6.07 Å². The number of anilines is 2. The number of carbonyl (C=O) groups excluding carboxylic acids is 2. The van der Waals surface area contributed by atoms with Crippen LogP contribution in [-0.4, -0.2) is 54.3 Å². The van der Waals surface area contributed by atoms with Gasteiger partial charge in [-0.3, -0.25) is 19.5 Å². The van der Waals surface area contributed by atoms with Gasteiger partial charge in [0, 0.05) is 36.7 Å². The van der Waals surface area contributed by atoms with Gasteiger partial charge < -0.3 is 10.6 Å². The second-order valence-electron chi connectivity index (χ2n) is 8.22. The monoisotopic (exact) mass is 456 g/mol. The third-order valence-corrected chi connectivity index (χ3v) is 5.81. The maximum Gasteiger partial charge on any atom is 0.258 e. The largest absolute Gasteiger partial charge is 0.399 e. The van der Waals surface area contributed by atoms with Crippen LogP contribution in [0.5, 0.6) is 0 Å². The molecule has 1 saturated heterocycles. The molecule has 4 aromatic rings. The summed E-state index contributed by atoms with van der Waals surface area (Å²) in [4.78, 5) is 45.1. The first-order valence-corrected chi connectivity index (χ1v) is 11.2. The van der Waals surface area contributed by atoms with Gasteiger partial charge in [0.15, 0.2) is 5.65 Å². The van der Waals surface area contributed by atoms with Gasteiger partial charge in [0.2, 0.25) is 5.95 Å². The molecule has 2 amide bonds. The topological polar surface area (TPSA) is 132 Å². The second kappa shape index (κ2) is 9.26. The molecule has 0 atom stereocenters. The van der Waals surface area contributed by atoms with Crippen molar-refractivity contribution in [3.63, 3.8) is 0 Å². The van der Waals surface area contributed by atoms with Crippen LogP contribution in [0.2, 0.25) is 0 Å². The van der Waals surface area contributed by atoms with Crippen molar-refractivity contribution in [2.45, 2.75) is 25.8 Å². The van der Waals surface area contributed by atoms with E-state index in [2.05, 4.69) is 25.3 Å². The van der Waals surface area contributed by atoms with Crippen molar-refractivity contribution in [2.75, 3.05) is 24.1 Å². The van der Waals surface area contributed by atoms with E-state index in [-0.39, 0.29) is 11.8 Å². The van der Waals surface area contributed by atoms with E-state index >= 15 is 0 Å². The predicted molar refractivity (Wildman–Crippen MR) is 127 cm³/mol. The van der Waals surface area contributed by atoms with Gasteiger partial charge >= 0.3 is 0 Å². The van der Waals surface area contributed by atoms with Gasteiger partial charge in [0.1, 0.15) is 11.8 Å². The summed E-state index contributed by atoms with van der Waals surface area (Å²) in [5, 5.41) is 2.85. The fourth-order valence-corrected chi connectivity index (χ4v) is 4.08. The van der Waals surface area contributed by atoms with Crippen molar-refractivity contribution in [1.29, 1.82) is 0 Å². The molecule has 1 aliphatic heterocycles. The van der Waals surface area contributed by atoms with Gasteiger partial charge in [-0.15, -0.1) is 0 Å². The number of nitrogens with zero attached hydrogens (tertiary/aromatic N) is 6. The van der Waals surface area contributed by atoms with Crippen LogP contribution in [0.15, 0.2) is 55.1 Å². The summed E-state index contributed by atoms with van der Waals surface area (Å²) in [7, 11) is 0. The molecule has 0 spiro atoms. The molecule has 0 unspecified atom stereocenters. The summed E-state index contributed by atoms with van der Waals surface area (Å²) in [5.74, 6) is -0.0999. The summed E-state index contributed by atoms with van der Waals surface area (Å²) in [6.45, 7) is 1.82. The molecule has 10 nitrogen and oxygen atoms in total. The molecule has 0 bridgehead atoms. The van der Waals surface area contributed by atoms with E-state index in [1.165, 1.54) is 6.33 Å². The highest BCUT2D eigenvalue weighted by Gasteiger charge is 2.21. The second-order valence-corrected chi connectivity index (χ2v) is 8.22. The molecule has 172 valence electrons. The average Bonchev–Trinajstić information content (AvgIpc) is 3.20. The van der Waals surface area contributed by atoms with Crippen LogP contribution in [-0.2, 0) is 6.54 Å². The van der Waals surface area contributed by atoms with E-state index in [4.69, 9.17) is 5.73 Å². The minimum absolute atomic E-state index is 0.0511. The molecule has 34 heavy (non-hydrogen) atoms. The number of pyridine rings is 1. The molecule has 0 radical (unpaired) electrons. The molecule has 0 aliphatic carbocycles. The third-order valence-electron chi connectivity index (χ3n) is 5.81. The lowest BCUT2D eigenvalue weighted by Crippen LogP contribution is -2.35. The quantitative estimate of drug-likeness (QED) is 0.441. The van der Waals surface area contributed by atoms with Gasteiger partial charge in [0.05, 0.1) is 17.8 Å². The molecule has 10 heteroatoms. The molecule has 5 rings (SSSR count). The molecular formula is C24H24N8O2. The summed E-state index contributed by atoms with van der Waals surface area (Å²) in [6.07, 6.45) is 7.84. The van der Waals surface area contributed by atoms with Gasteiger partial charge in [-0.25, -0.2) is 19.9 Å². The molecule has 4 heterocycles. The van der Waals surface area contributed by atoms with E-state index in [0.717, 1.165) is 38.0 Å². The van der Waals surface area contributed by atoms with Crippen LogP contribution < -0.4 is 11.1 Å². The lowest BCUT2D eigenvalue weighted by Gasteiger charge is -2.26. The summed E-state index contributed by atoms with van der Waals surface area (Å²) in [6, 6.07) is 10.2. The molecule has 1 fully saturated rings. The number of carbonyl (C=O) groups is 2. The zero-order valence-electron chi connectivity index (χ0n) is 18.5. The Hall–Kier alpha value is -4.34. The van der Waals surface area contributed by atoms with Crippen molar-refractivity contribution in [1.82, 2.24) is 29.4 Å². The summed E-state index contributed by atoms with van der Waals surface area (Å²) < 4.78 is 1.76. The summed E-state index contributed by atoms with van der Waals surface area (Å²) in [5.41, 5.74) is 8.99. The lowest BCUT2D eigenvalue weighted by molar-refractivity contribution is 0.0724. The third kappa shape index (κ3) is 4.42. The predicted octanol–water partition coefficient (Wildman–Crippen LogP) is 2.73. The number of nitrogen functional groups attached to an aromatic ring is 1. The first kappa shape index (κ1) is 21.5. The van der Waals surface area contributed by atoms with Crippen molar-refractivity contribution in [3.8, 4) is 0 Å². The summed E-state index contributed by atoms with van der Waals surface area (Å²) >= 11 is 0. The maximum absolute atomic E-state index is 13.0. The minimum Gasteiger partial charge on any atom is -0.399 e. The van der Waals surface area contributed by atoms with Crippen LogP contribution in [0.3, 0.4) is 0 Å². The lowest BCUT2D eigenvalue weighted by atomic mass is 10.1. The Morgan fingerprint density at radius 3 is 2.65 bits per heavy atom. The van der Waals surface area contributed by atoms with Crippen molar-refractivity contribution >= 4 is 34.6 Å². The number of piperidine rings is 1. The van der Waals surface area contributed by atoms with Gasteiger partial charge in [0.25, 0.3) is 11.8 Å². The number of amides is 2. The van der Waals surface area contributed by atoms with E-state index < -0.39 is 0 Å². The average molecular weight is 457 g/mol. The van der Waals surface area contributed by atoms with E-state index in [1.807, 2.05) is 4.90 Å². The number of benzene rings is 1. The van der Waals surface area contributed by atoms with Gasteiger partial charge in [-0.2, -0.15) is 0 Å². The highest BCUT2D eigenvalue weighted by atomic mass is 16.2. The number of hydrogen-bond donors (Lipinski definition) is 2. The standard InChI is InChI=1S/C24H24N8O2/c25-18-6-4-5-16(11-18)22(33)30-24-29-20-12-17(23(34)31-9-2-1-3-10-31)13-27-21(20)32(24)14-19-7-8-26-15-28-19/h4-8,11-13,15H,1-3,9-10,14,25H2,(H,29,30,33). The number of imidazole rings is 1. The Labute approximate surface area is 195 Å². The smallest absolute Gasteiger partial charge is 0.258 e. The Morgan fingerprint density at radius 1 is 1.03 bits per heavy atom. The molecule has 1 aliphatic rings. The first-order valence-electron chi connectivity index (χ1n) is 11.2. The number of hydrogen-bond acceptors (Lipinski definition) is 7. The van der Waals surface area contributed by atoms with Crippen molar-refractivity contribution < 1.29 is 9.59 Å². The van der Waals surface area contributed by atoms with Crippen LogP contribution in [0.25, 0.3) is 11.2 Å². The first-order chi connectivity index (χ1) is 16.6. The SMILES string of the molecule is Nc1cccc(C(=O)Nc2nc3cc(C(=O)N4CCCCC4)cnc3n2Cc2ccncn2)c1. The van der Waals surface area contributed by atoms with Crippen LogP contribution in [0.1, 0.15) is 45.7 Å². The van der Waals surface area contributed by atoms with Crippen molar-refractivity contribution in [3.05, 3.63) is 71.9 Å². The molecule has 3 aromatic heterocycles. The Morgan fingerprint density at radius 2 is 1.88 bits per heavy atom. The normalized spacial score (nSPS) is 13.7. The maximum atomic E-state index is 13.0. The molecular weight excluding hydrogens is 432 g/mol. The highest BCUT2D eigenvalue weighted by molar-refractivity contribution is 6.04. The number of likely N-dealkylation sites (tertiary alicyclic amines) is 1. The molecule has 3 N–H and O–H groups in total. The fraction of sp³-hybridized carbons (Fsp3) is 0.250. The van der Waals surface area contributed by atoms with Crippen molar-refractivity contribution in [2.24, 2.45) is 0 Å². The number of rotatable bonds is 5. The number of aromatic nitrogens is 5. The van der Waals surface area contributed by atoms with Crippen LogP contribution >= 0.6 is 0 Å². The Bertz CT molecular complexity index is 1350. The number of nitrogens with two attached hydrogens (primary N) is 1. The van der Waals surface area contributed by atoms with E-state index in [9.17, 15) is 9.59 Å².